The third-order valence-electron chi connectivity index (χ3n) is 2.57. The van der Waals surface area contributed by atoms with Gasteiger partial charge in [-0.3, -0.25) is 4.79 Å². The fourth-order valence-electron chi connectivity index (χ4n) is 1.66. The van der Waals surface area contributed by atoms with Gasteiger partial charge in [-0.15, -0.1) is 0 Å². The summed E-state index contributed by atoms with van der Waals surface area (Å²) < 4.78 is 0. The molecule has 0 unspecified atom stereocenters. The largest absolute Gasteiger partial charge is 0.315 e. The number of hydrogen-bond donors (Lipinski definition) is 0. The maximum absolute atomic E-state index is 11.5. The second kappa shape index (κ2) is 4.63. The molecule has 0 saturated carbocycles. The van der Waals surface area contributed by atoms with Crippen LogP contribution in [0.25, 0.3) is 0 Å². The second-order valence-corrected chi connectivity index (χ2v) is 3.75. The van der Waals surface area contributed by atoms with Crippen LogP contribution in [0, 0.1) is 11.3 Å². The van der Waals surface area contributed by atoms with Gasteiger partial charge in [-0.2, -0.15) is 5.26 Å². The van der Waals surface area contributed by atoms with Crippen LogP contribution < -0.4 is 0 Å². The highest BCUT2D eigenvalue weighted by Crippen LogP contribution is 2.13. The fraction of sp³-hybridized carbons (Fsp3) is 0.231. The van der Waals surface area contributed by atoms with Gasteiger partial charge in [-0.05, 0) is 24.1 Å². The topological polar surface area (TPSA) is 44.1 Å². The maximum atomic E-state index is 11.5. The van der Waals surface area contributed by atoms with Crippen LogP contribution in [0.3, 0.4) is 0 Å². The van der Waals surface area contributed by atoms with Crippen molar-refractivity contribution in [2.75, 3.05) is 0 Å². The minimum atomic E-state index is 0.159. The van der Waals surface area contributed by atoms with E-state index in [2.05, 4.69) is 6.07 Å². The first-order valence-corrected chi connectivity index (χ1v) is 5.25. The van der Waals surface area contributed by atoms with Gasteiger partial charge in [-0.25, -0.2) is 0 Å². The molecule has 1 aliphatic rings. The zero-order valence-corrected chi connectivity index (χ0v) is 8.89. The monoisotopic (exact) mass is 212 g/mol. The summed E-state index contributed by atoms with van der Waals surface area (Å²) in [6.45, 7) is 0.584. The highest BCUT2D eigenvalue weighted by Gasteiger charge is 2.13. The van der Waals surface area contributed by atoms with Crippen LogP contribution in [0.5, 0.6) is 0 Å². The Balaban J connectivity index is 2.08. The Kier molecular flexibility index (Phi) is 3.02. The van der Waals surface area contributed by atoms with E-state index in [0.29, 0.717) is 18.5 Å². The van der Waals surface area contributed by atoms with Crippen molar-refractivity contribution in [3.05, 3.63) is 47.7 Å². The van der Waals surface area contributed by atoms with E-state index in [1.165, 1.54) is 0 Å². The molecule has 1 aromatic carbocycles. The maximum Gasteiger partial charge on any atom is 0.227 e. The molecule has 0 bridgehead atoms. The lowest BCUT2D eigenvalue weighted by molar-refractivity contribution is -0.129. The van der Waals surface area contributed by atoms with Crippen molar-refractivity contribution in [1.29, 1.82) is 5.26 Å². The molecule has 3 heteroatoms. The average Bonchev–Trinajstić information content (AvgIpc) is 2.33. The zero-order chi connectivity index (χ0) is 11.4. The van der Waals surface area contributed by atoms with Crippen molar-refractivity contribution >= 4 is 5.91 Å². The van der Waals surface area contributed by atoms with Crippen molar-refractivity contribution in [1.82, 2.24) is 4.90 Å². The quantitative estimate of drug-likeness (QED) is 0.754. The summed E-state index contributed by atoms with van der Waals surface area (Å²) in [7, 11) is 0. The molecule has 0 atom stereocenters. The van der Waals surface area contributed by atoms with Gasteiger partial charge in [0, 0.05) is 12.6 Å². The minimum Gasteiger partial charge on any atom is -0.315 e. The van der Waals surface area contributed by atoms with Crippen molar-refractivity contribution in [2.45, 2.75) is 19.4 Å². The standard InChI is InChI=1S/C13H12N2O/c14-9-11-4-6-12(7-5-11)10-15-8-2-1-3-13(15)16/h2,4-8H,1,3,10H2. The molecule has 16 heavy (non-hydrogen) atoms. The van der Waals surface area contributed by atoms with Crippen LogP contribution >= 0.6 is 0 Å². The normalized spacial score (nSPS) is 14.9. The Morgan fingerprint density at radius 1 is 1.31 bits per heavy atom. The third-order valence-corrected chi connectivity index (χ3v) is 2.57. The molecule has 0 saturated heterocycles. The van der Waals surface area contributed by atoms with Crippen molar-refractivity contribution in [2.24, 2.45) is 0 Å². The van der Waals surface area contributed by atoms with Gasteiger partial charge in [0.2, 0.25) is 5.91 Å². The Hall–Kier alpha value is -2.08. The number of benzene rings is 1. The first-order valence-electron chi connectivity index (χ1n) is 5.25. The van der Waals surface area contributed by atoms with Gasteiger partial charge >= 0.3 is 0 Å². The minimum absolute atomic E-state index is 0.159. The molecule has 1 aromatic rings. The van der Waals surface area contributed by atoms with Crippen molar-refractivity contribution in [3.63, 3.8) is 0 Å². The Bertz CT molecular complexity index is 454. The average molecular weight is 212 g/mol. The summed E-state index contributed by atoms with van der Waals surface area (Å²) in [4.78, 5) is 13.3. The van der Waals surface area contributed by atoms with Gasteiger partial charge in [0.15, 0.2) is 0 Å². The molecule has 1 aliphatic heterocycles. The SMILES string of the molecule is N#Cc1ccc(CN2C=CCCC2=O)cc1. The van der Waals surface area contributed by atoms with Crippen LogP contribution in [0.2, 0.25) is 0 Å². The summed E-state index contributed by atoms with van der Waals surface area (Å²) in [6.07, 6.45) is 5.27. The molecule has 0 fully saturated rings. The number of carbonyl (C=O) groups is 1. The number of hydrogen-bond acceptors (Lipinski definition) is 2. The van der Waals surface area contributed by atoms with E-state index < -0.39 is 0 Å². The Morgan fingerprint density at radius 3 is 2.69 bits per heavy atom. The van der Waals surface area contributed by atoms with E-state index in [9.17, 15) is 4.79 Å². The summed E-state index contributed by atoms with van der Waals surface area (Å²) >= 11 is 0. The lowest BCUT2D eigenvalue weighted by Crippen LogP contribution is -2.26. The zero-order valence-electron chi connectivity index (χ0n) is 8.89. The molecule has 0 N–H and O–H groups in total. The van der Waals surface area contributed by atoms with Crippen molar-refractivity contribution < 1.29 is 4.79 Å². The van der Waals surface area contributed by atoms with Gasteiger partial charge in [0.1, 0.15) is 0 Å². The summed E-state index contributed by atoms with van der Waals surface area (Å²) in [5.41, 5.74) is 1.68. The molecule has 0 aliphatic carbocycles. The summed E-state index contributed by atoms with van der Waals surface area (Å²) in [6, 6.07) is 9.38. The first kappa shape index (κ1) is 10.4. The van der Waals surface area contributed by atoms with Gasteiger partial charge in [0.05, 0.1) is 18.2 Å². The van der Waals surface area contributed by atoms with E-state index in [-0.39, 0.29) is 5.91 Å². The lowest BCUT2D eigenvalue weighted by atomic mass is 10.1. The molecule has 2 rings (SSSR count). The number of nitrogens with zero attached hydrogens (tertiary/aromatic N) is 2. The van der Waals surface area contributed by atoms with Crippen LogP contribution in [0.1, 0.15) is 24.0 Å². The molecular weight excluding hydrogens is 200 g/mol. The van der Waals surface area contributed by atoms with Gasteiger partial charge in [0.25, 0.3) is 0 Å². The number of amides is 1. The third kappa shape index (κ3) is 2.29. The highest BCUT2D eigenvalue weighted by atomic mass is 16.2. The molecule has 1 heterocycles. The predicted molar refractivity (Wildman–Crippen MR) is 60.1 cm³/mol. The van der Waals surface area contributed by atoms with Crippen molar-refractivity contribution in [3.8, 4) is 6.07 Å². The van der Waals surface area contributed by atoms with E-state index in [4.69, 9.17) is 5.26 Å². The smallest absolute Gasteiger partial charge is 0.227 e. The fourth-order valence-corrected chi connectivity index (χ4v) is 1.66. The van der Waals surface area contributed by atoms with Crippen LogP contribution in [-0.4, -0.2) is 10.8 Å². The summed E-state index contributed by atoms with van der Waals surface area (Å²) in [5.74, 6) is 0.159. The van der Waals surface area contributed by atoms with Crippen LogP contribution in [0.15, 0.2) is 36.5 Å². The molecule has 1 amide bonds. The number of nitriles is 1. The number of rotatable bonds is 2. The predicted octanol–water partition coefficient (Wildman–Crippen LogP) is 2.19. The van der Waals surface area contributed by atoms with E-state index >= 15 is 0 Å². The number of allylic oxidation sites excluding steroid dienone is 1. The Morgan fingerprint density at radius 2 is 2.06 bits per heavy atom. The molecule has 80 valence electrons. The van der Waals surface area contributed by atoms with Crippen LogP contribution in [0.4, 0.5) is 0 Å². The van der Waals surface area contributed by atoms with Gasteiger partial charge in [-0.1, -0.05) is 18.2 Å². The lowest BCUT2D eigenvalue weighted by Gasteiger charge is -2.21. The summed E-state index contributed by atoms with van der Waals surface area (Å²) in [5, 5.41) is 8.67. The van der Waals surface area contributed by atoms with E-state index in [0.717, 1.165) is 12.0 Å². The molecule has 0 spiro atoms. The second-order valence-electron chi connectivity index (χ2n) is 3.75. The van der Waals surface area contributed by atoms with E-state index in [1.54, 1.807) is 17.0 Å². The van der Waals surface area contributed by atoms with Gasteiger partial charge < -0.3 is 4.90 Å². The molecule has 3 nitrogen and oxygen atoms in total. The highest BCUT2D eigenvalue weighted by molar-refractivity contribution is 5.78. The molecule has 0 aromatic heterocycles. The van der Waals surface area contributed by atoms with Crippen LogP contribution in [-0.2, 0) is 11.3 Å². The Labute approximate surface area is 94.6 Å². The molecule has 0 radical (unpaired) electrons. The molecular formula is C13H12N2O. The first-order chi connectivity index (χ1) is 7.79. The van der Waals surface area contributed by atoms with E-state index in [1.807, 2.05) is 24.4 Å². The number of carbonyl (C=O) groups excluding carboxylic acids is 1.